The van der Waals surface area contributed by atoms with Crippen LogP contribution in [0.25, 0.3) is 0 Å². The third-order valence-electron chi connectivity index (χ3n) is 3.48. The fraction of sp³-hybridized carbons (Fsp3) is 0.300. The standard InChI is InChI=1S/C20H24N2O4/c1-14(2)26-18-10-7-16(11-19(18)25-4)13-21-22-20(23)12-15-5-8-17(24-3)9-6-15/h5-11,13-14H,12H2,1-4H3,(H,22,23). The molecule has 6 heteroatoms. The summed E-state index contributed by atoms with van der Waals surface area (Å²) in [6, 6.07) is 12.8. The number of carbonyl (C=O) groups is 1. The van der Waals surface area contributed by atoms with Crippen molar-refractivity contribution in [3.05, 3.63) is 53.6 Å². The maximum Gasteiger partial charge on any atom is 0.244 e. The van der Waals surface area contributed by atoms with Gasteiger partial charge in [-0.25, -0.2) is 5.43 Å². The molecule has 0 aliphatic rings. The summed E-state index contributed by atoms with van der Waals surface area (Å²) in [5.41, 5.74) is 4.20. The molecule has 26 heavy (non-hydrogen) atoms. The topological polar surface area (TPSA) is 69.2 Å². The quantitative estimate of drug-likeness (QED) is 0.583. The molecule has 0 spiro atoms. The van der Waals surface area contributed by atoms with Crippen LogP contribution >= 0.6 is 0 Å². The second-order valence-electron chi connectivity index (χ2n) is 5.89. The number of hydrazone groups is 1. The molecular formula is C20H24N2O4. The van der Waals surface area contributed by atoms with E-state index in [0.717, 1.165) is 16.9 Å². The monoisotopic (exact) mass is 356 g/mol. The van der Waals surface area contributed by atoms with E-state index < -0.39 is 0 Å². The molecule has 0 unspecified atom stereocenters. The van der Waals surface area contributed by atoms with Gasteiger partial charge in [0.1, 0.15) is 5.75 Å². The number of ether oxygens (including phenoxy) is 3. The minimum atomic E-state index is -0.196. The molecule has 2 aromatic carbocycles. The highest BCUT2D eigenvalue weighted by Crippen LogP contribution is 2.28. The first kappa shape index (κ1) is 19.3. The fourth-order valence-corrected chi connectivity index (χ4v) is 2.26. The van der Waals surface area contributed by atoms with E-state index in [0.29, 0.717) is 11.5 Å². The zero-order valence-corrected chi connectivity index (χ0v) is 15.5. The minimum absolute atomic E-state index is 0.0562. The number of rotatable bonds is 8. The van der Waals surface area contributed by atoms with Crippen molar-refractivity contribution in [1.29, 1.82) is 0 Å². The van der Waals surface area contributed by atoms with Crippen molar-refractivity contribution in [3.8, 4) is 17.2 Å². The number of nitrogens with zero attached hydrogens (tertiary/aromatic N) is 1. The minimum Gasteiger partial charge on any atom is -0.497 e. The highest BCUT2D eigenvalue weighted by Gasteiger charge is 2.07. The van der Waals surface area contributed by atoms with Crippen LogP contribution in [-0.4, -0.2) is 32.4 Å². The van der Waals surface area contributed by atoms with Crippen LogP contribution in [0.4, 0.5) is 0 Å². The van der Waals surface area contributed by atoms with E-state index in [4.69, 9.17) is 14.2 Å². The van der Waals surface area contributed by atoms with Gasteiger partial charge in [0.25, 0.3) is 0 Å². The maximum atomic E-state index is 12.0. The third-order valence-corrected chi connectivity index (χ3v) is 3.48. The lowest BCUT2D eigenvalue weighted by atomic mass is 10.1. The summed E-state index contributed by atoms with van der Waals surface area (Å²) in [5, 5.41) is 3.99. The number of hydrogen-bond acceptors (Lipinski definition) is 5. The molecule has 0 aliphatic heterocycles. The van der Waals surface area contributed by atoms with Crippen LogP contribution in [0.15, 0.2) is 47.6 Å². The Hall–Kier alpha value is -3.02. The van der Waals surface area contributed by atoms with Crippen molar-refractivity contribution in [2.45, 2.75) is 26.4 Å². The highest BCUT2D eigenvalue weighted by molar-refractivity contribution is 5.84. The van der Waals surface area contributed by atoms with Gasteiger partial charge in [-0.05, 0) is 55.3 Å². The smallest absolute Gasteiger partial charge is 0.244 e. The van der Waals surface area contributed by atoms with E-state index in [1.54, 1.807) is 26.5 Å². The van der Waals surface area contributed by atoms with E-state index in [-0.39, 0.29) is 18.4 Å². The molecule has 6 nitrogen and oxygen atoms in total. The number of carbonyl (C=O) groups excluding carboxylic acids is 1. The molecule has 0 heterocycles. The number of amides is 1. The highest BCUT2D eigenvalue weighted by atomic mass is 16.5. The van der Waals surface area contributed by atoms with E-state index >= 15 is 0 Å². The van der Waals surface area contributed by atoms with Gasteiger partial charge in [0, 0.05) is 0 Å². The Kier molecular flexibility index (Phi) is 7.02. The van der Waals surface area contributed by atoms with Crippen LogP contribution in [0, 0.1) is 0 Å². The molecule has 0 aromatic heterocycles. The molecule has 0 aliphatic carbocycles. The van der Waals surface area contributed by atoms with Crippen LogP contribution in [0.1, 0.15) is 25.0 Å². The van der Waals surface area contributed by atoms with E-state index in [9.17, 15) is 4.79 Å². The lowest BCUT2D eigenvalue weighted by Crippen LogP contribution is -2.19. The molecule has 0 radical (unpaired) electrons. The normalized spacial score (nSPS) is 10.8. The summed E-state index contributed by atoms with van der Waals surface area (Å²) in [7, 11) is 3.19. The second-order valence-corrected chi connectivity index (χ2v) is 5.89. The van der Waals surface area contributed by atoms with Crippen molar-refractivity contribution >= 4 is 12.1 Å². The lowest BCUT2D eigenvalue weighted by molar-refractivity contribution is -0.120. The molecule has 1 N–H and O–H groups in total. The van der Waals surface area contributed by atoms with Gasteiger partial charge in [-0.3, -0.25) is 4.79 Å². The van der Waals surface area contributed by atoms with Crippen LogP contribution in [0.3, 0.4) is 0 Å². The van der Waals surface area contributed by atoms with E-state index in [2.05, 4.69) is 10.5 Å². The van der Waals surface area contributed by atoms with Crippen LogP contribution in [-0.2, 0) is 11.2 Å². The summed E-state index contributed by atoms with van der Waals surface area (Å²) in [6.07, 6.45) is 1.86. The van der Waals surface area contributed by atoms with E-state index in [1.807, 2.05) is 50.2 Å². The van der Waals surface area contributed by atoms with E-state index in [1.165, 1.54) is 0 Å². The maximum absolute atomic E-state index is 12.0. The Morgan fingerprint density at radius 1 is 1.08 bits per heavy atom. The fourth-order valence-electron chi connectivity index (χ4n) is 2.26. The molecule has 0 saturated heterocycles. The zero-order valence-electron chi connectivity index (χ0n) is 15.5. The molecule has 0 bridgehead atoms. The van der Waals surface area contributed by atoms with Gasteiger partial charge < -0.3 is 14.2 Å². The summed E-state index contributed by atoms with van der Waals surface area (Å²) in [6.45, 7) is 3.90. The Morgan fingerprint density at radius 3 is 2.42 bits per heavy atom. The average molecular weight is 356 g/mol. The molecule has 138 valence electrons. The Morgan fingerprint density at radius 2 is 1.81 bits per heavy atom. The Labute approximate surface area is 153 Å². The molecule has 2 aromatic rings. The second kappa shape index (κ2) is 9.46. The van der Waals surface area contributed by atoms with Gasteiger partial charge in [0.05, 0.1) is 33.0 Å². The van der Waals surface area contributed by atoms with Crippen LogP contribution < -0.4 is 19.6 Å². The molecule has 2 rings (SSSR count). The summed E-state index contributed by atoms with van der Waals surface area (Å²) >= 11 is 0. The van der Waals surface area contributed by atoms with Gasteiger partial charge in [-0.15, -0.1) is 0 Å². The number of benzene rings is 2. The summed E-state index contributed by atoms with van der Waals surface area (Å²) in [4.78, 5) is 12.0. The van der Waals surface area contributed by atoms with Crippen LogP contribution in [0.5, 0.6) is 17.2 Å². The van der Waals surface area contributed by atoms with Crippen molar-refractivity contribution in [1.82, 2.24) is 5.43 Å². The Balaban J connectivity index is 1.93. The predicted molar refractivity (Wildman–Crippen MR) is 101 cm³/mol. The molecule has 0 fully saturated rings. The molecular weight excluding hydrogens is 332 g/mol. The van der Waals surface area contributed by atoms with Crippen molar-refractivity contribution in [3.63, 3.8) is 0 Å². The van der Waals surface area contributed by atoms with Gasteiger partial charge >= 0.3 is 0 Å². The van der Waals surface area contributed by atoms with Crippen molar-refractivity contribution < 1.29 is 19.0 Å². The SMILES string of the molecule is COc1ccc(CC(=O)NN=Cc2ccc(OC(C)C)c(OC)c2)cc1. The molecule has 1 amide bonds. The third kappa shape index (κ3) is 5.81. The number of methoxy groups -OCH3 is 2. The first-order chi connectivity index (χ1) is 12.5. The summed E-state index contributed by atoms with van der Waals surface area (Å²) < 4.78 is 16.1. The van der Waals surface area contributed by atoms with Gasteiger partial charge in [0.2, 0.25) is 5.91 Å². The zero-order chi connectivity index (χ0) is 18.9. The van der Waals surface area contributed by atoms with Crippen molar-refractivity contribution in [2.75, 3.05) is 14.2 Å². The predicted octanol–water partition coefficient (Wildman–Crippen LogP) is 3.18. The Bertz CT molecular complexity index is 755. The number of hydrogen-bond donors (Lipinski definition) is 1. The molecule has 0 atom stereocenters. The van der Waals surface area contributed by atoms with Gasteiger partial charge in [-0.1, -0.05) is 12.1 Å². The average Bonchev–Trinajstić information content (AvgIpc) is 2.63. The lowest BCUT2D eigenvalue weighted by Gasteiger charge is -2.13. The first-order valence-electron chi connectivity index (χ1n) is 8.31. The van der Waals surface area contributed by atoms with Gasteiger partial charge in [-0.2, -0.15) is 5.10 Å². The largest absolute Gasteiger partial charge is 0.497 e. The van der Waals surface area contributed by atoms with Crippen molar-refractivity contribution in [2.24, 2.45) is 5.10 Å². The first-order valence-corrected chi connectivity index (χ1v) is 8.31. The number of nitrogens with one attached hydrogen (secondary N) is 1. The van der Waals surface area contributed by atoms with Crippen LogP contribution in [0.2, 0.25) is 0 Å². The molecule has 0 saturated carbocycles. The summed E-state index contributed by atoms with van der Waals surface area (Å²) in [5.74, 6) is 1.85. The van der Waals surface area contributed by atoms with Gasteiger partial charge in [0.15, 0.2) is 11.5 Å².